The first-order valence-electron chi connectivity index (χ1n) is 6.98. The standard InChI is InChI=1S/C14H19BrN2O2/c1-19-7-6-17-13(11(15)8-16-17)14(18)12-9-4-2-3-5-10(9)12/h8-10,12H,2-7H2,1H3. The molecule has 1 aromatic rings. The molecule has 0 aromatic carbocycles. The average molecular weight is 327 g/mol. The molecule has 1 aromatic heterocycles. The minimum atomic E-state index is 0.247. The zero-order chi connectivity index (χ0) is 13.4. The van der Waals surface area contributed by atoms with E-state index in [2.05, 4.69) is 21.0 Å². The number of carbonyl (C=O) groups is 1. The predicted octanol–water partition coefficient (Wildman–Crippen LogP) is 2.91. The molecule has 0 spiro atoms. The fourth-order valence-electron chi connectivity index (χ4n) is 3.49. The highest BCUT2D eigenvalue weighted by atomic mass is 79.9. The molecule has 4 nitrogen and oxygen atoms in total. The van der Waals surface area contributed by atoms with Gasteiger partial charge >= 0.3 is 0 Å². The summed E-state index contributed by atoms with van der Waals surface area (Å²) in [5, 5.41) is 4.27. The maximum Gasteiger partial charge on any atom is 0.185 e. The second kappa shape index (κ2) is 5.37. The molecule has 0 radical (unpaired) electrons. The lowest BCUT2D eigenvalue weighted by atomic mass is 10.0. The highest BCUT2D eigenvalue weighted by Crippen LogP contribution is 2.56. The second-order valence-electron chi connectivity index (χ2n) is 5.56. The predicted molar refractivity (Wildman–Crippen MR) is 75.1 cm³/mol. The third-order valence-electron chi connectivity index (χ3n) is 4.49. The highest BCUT2D eigenvalue weighted by Gasteiger charge is 2.55. The number of carbonyl (C=O) groups excluding carboxylic acids is 1. The Morgan fingerprint density at radius 1 is 1.47 bits per heavy atom. The summed E-state index contributed by atoms with van der Waals surface area (Å²) >= 11 is 3.46. The molecule has 2 unspecified atom stereocenters. The molecule has 0 amide bonds. The first-order valence-corrected chi connectivity index (χ1v) is 7.77. The van der Waals surface area contributed by atoms with Crippen LogP contribution in [0.25, 0.3) is 0 Å². The smallest absolute Gasteiger partial charge is 0.185 e. The Morgan fingerprint density at radius 2 is 2.16 bits per heavy atom. The molecule has 2 aliphatic carbocycles. The number of hydrogen-bond acceptors (Lipinski definition) is 3. The van der Waals surface area contributed by atoms with E-state index in [4.69, 9.17) is 4.74 Å². The van der Waals surface area contributed by atoms with E-state index in [0.717, 1.165) is 10.2 Å². The molecular formula is C14H19BrN2O2. The molecular weight excluding hydrogens is 308 g/mol. The molecule has 1 heterocycles. The fraction of sp³-hybridized carbons (Fsp3) is 0.714. The second-order valence-corrected chi connectivity index (χ2v) is 6.41. The van der Waals surface area contributed by atoms with Crippen molar-refractivity contribution >= 4 is 21.7 Å². The first kappa shape index (κ1) is 13.3. The van der Waals surface area contributed by atoms with Gasteiger partial charge in [0.05, 0.1) is 23.8 Å². The number of methoxy groups -OCH3 is 1. The highest BCUT2D eigenvalue weighted by molar-refractivity contribution is 9.10. The Morgan fingerprint density at radius 3 is 2.79 bits per heavy atom. The molecule has 2 atom stereocenters. The summed E-state index contributed by atoms with van der Waals surface area (Å²) < 4.78 is 7.67. The summed E-state index contributed by atoms with van der Waals surface area (Å²) in [6, 6.07) is 0. The van der Waals surface area contributed by atoms with E-state index in [0.29, 0.717) is 25.0 Å². The minimum absolute atomic E-state index is 0.247. The van der Waals surface area contributed by atoms with Gasteiger partial charge in [0.2, 0.25) is 0 Å². The van der Waals surface area contributed by atoms with Gasteiger partial charge in [-0.1, -0.05) is 12.8 Å². The van der Waals surface area contributed by atoms with E-state index < -0.39 is 0 Å². The van der Waals surface area contributed by atoms with Crippen LogP contribution in [0.15, 0.2) is 10.7 Å². The lowest BCUT2D eigenvalue weighted by Crippen LogP contribution is -2.16. The van der Waals surface area contributed by atoms with Gasteiger partial charge in [-0.25, -0.2) is 0 Å². The Bertz CT molecular complexity index is 474. The Hall–Kier alpha value is -0.680. The van der Waals surface area contributed by atoms with Gasteiger partial charge in [0.15, 0.2) is 5.78 Å². The van der Waals surface area contributed by atoms with Gasteiger partial charge in [0.1, 0.15) is 5.69 Å². The number of rotatable bonds is 5. The maximum absolute atomic E-state index is 12.7. The number of ketones is 1. The molecule has 104 valence electrons. The number of ether oxygens (including phenoxy) is 1. The van der Waals surface area contributed by atoms with E-state index in [1.807, 2.05) is 0 Å². The summed E-state index contributed by atoms with van der Waals surface area (Å²) in [4.78, 5) is 12.7. The number of aromatic nitrogens is 2. The van der Waals surface area contributed by atoms with Crippen LogP contribution in [0.1, 0.15) is 36.2 Å². The van der Waals surface area contributed by atoms with Crippen molar-refractivity contribution in [3.63, 3.8) is 0 Å². The fourth-order valence-corrected chi connectivity index (χ4v) is 3.99. The molecule has 3 rings (SSSR count). The number of fused-ring (bicyclic) bond motifs is 1. The maximum atomic E-state index is 12.7. The van der Waals surface area contributed by atoms with E-state index in [1.54, 1.807) is 18.0 Å². The van der Waals surface area contributed by atoms with Gasteiger partial charge < -0.3 is 4.74 Å². The lowest BCUT2D eigenvalue weighted by molar-refractivity contribution is 0.0941. The Kier molecular flexibility index (Phi) is 3.76. The summed E-state index contributed by atoms with van der Waals surface area (Å²) in [7, 11) is 1.66. The van der Waals surface area contributed by atoms with Gasteiger partial charge in [0.25, 0.3) is 0 Å². The van der Waals surface area contributed by atoms with Crippen LogP contribution >= 0.6 is 15.9 Å². The third kappa shape index (κ3) is 2.38. The molecule has 5 heteroatoms. The molecule has 0 bridgehead atoms. The van der Waals surface area contributed by atoms with Gasteiger partial charge in [-0.3, -0.25) is 9.48 Å². The van der Waals surface area contributed by atoms with Crippen LogP contribution in [-0.4, -0.2) is 29.3 Å². The van der Waals surface area contributed by atoms with E-state index in [-0.39, 0.29) is 11.7 Å². The zero-order valence-electron chi connectivity index (χ0n) is 11.1. The van der Waals surface area contributed by atoms with Crippen LogP contribution in [-0.2, 0) is 11.3 Å². The van der Waals surface area contributed by atoms with Gasteiger partial charge in [0, 0.05) is 13.0 Å². The van der Waals surface area contributed by atoms with Crippen molar-refractivity contribution in [3.8, 4) is 0 Å². The van der Waals surface area contributed by atoms with Gasteiger partial charge in [-0.05, 0) is 40.6 Å². The van der Waals surface area contributed by atoms with E-state index in [1.165, 1.54) is 25.7 Å². The molecule has 0 N–H and O–H groups in total. The average Bonchev–Trinajstić information content (AvgIpc) is 3.04. The minimum Gasteiger partial charge on any atom is -0.383 e. The SMILES string of the molecule is COCCn1ncc(Br)c1C(=O)C1C2CCCCC21. The van der Waals surface area contributed by atoms with E-state index in [9.17, 15) is 4.79 Å². The van der Waals surface area contributed by atoms with Crippen molar-refractivity contribution < 1.29 is 9.53 Å². The van der Waals surface area contributed by atoms with Crippen LogP contribution in [0, 0.1) is 17.8 Å². The molecule has 0 saturated heterocycles. The largest absolute Gasteiger partial charge is 0.383 e. The summed E-state index contributed by atoms with van der Waals surface area (Å²) in [5.74, 6) is 1.80. The van der Waals surface area contributed by atoms with Crippen molar-refractivity contribution in [2.24, 2.45) is 17.8 Å². The monoisotopic (exact) mass is 326 g/mol. The summed E-state index contributed by atoms with van der Waals surface area (Å²) in [5.41, 5.74) is 0.733. The number of nitrogens with zero attached hydrogens (tertiary/aromatic N) is 2. The normalized spacial score (nSPS) is 29.1. The molecule has 19 heavy (non-hydrogen) atoms. The summed E-state index contributed by atoms with van der Waals surface area (Å²) in [6.45, 7) is 1.21. The lowest BCUT2D eigenvalue weighted by Gasteiger charge is -2.06. The first-order chi connectivity index (χ1) is 9.24. The third-order valence-corrected chi connectivity index (χ3v) is 5.07. The molecule has 2 aliphatic rings. The number of Topliss-reactive ketones (excluding diaryl/α,β-unsaturated/α-hetero) is 1. The van der Waals surface area contributed by atoms with Crippen molar-refractivity contribution in [1.82, 2.24) is 9.78 Å². The van der Waals surface area contributed by atoms with Crippen molar-refractivity contribution in [3.05, 3.63) is 16.4 Å². The number of hydrogen-bond donors (Lipinski definition) is 0. The van der Waals surface area contributed by atoms with Crippen LogP contribution in [0.3, 0.4) is 0 Å². The molecule has 2 saturated carbocycles. The van der Waals surface area contributed by atoms with Crippen LogP contribution < -0.4 is 0 Å². The van der Waals surface area contributed by atoms with Crippen LogP contribution in [0.4, 0.5) is 0 Å². The quantitative estimate of drug-likeness (QED) is 0.781. The zero-order valence-corrected chi connectivity index (χ0v) is 12.7. The van der Waals surface area contributed by atoms with Crippen LogP contribution in [0.5, 0.6) is 0 Å². The van der Waals surface area contributed by atoms with Crippen molar-refractivity contribution in [2.45, 2.75) is 32.2 Å². The summed E-state index contributed by atoms with van der Waals surface area (Å²) in [6.07, 6.45) is 6.74. The van der Waals surface area contributed by atoms with Gasteiger partial charge in [-0.2, -0.15) is 5.10 Å². The Labute approximate surface area is 121 Å². The Balaban J connectivity index is 1.78. The van der Waals surface area contributed by atoms with Gasteiger partial charge in [-0.15, -0.1) is 0 Å². The molecule has 0 aliphatic heterocycles. The van der Waals surface area contributed by atoms with E-state index >= 15 is 0 Å². The topological polar surface area (TPSA) is 44.1 Å². The van der Waals surface area contributed by atoms with Crippen molar-refractivity contribution in [1.29, 1.82) is 0 Å². The van der Waals surface area contributed by atoms with Crippen LogP contribution in [0.2, 0.25) is 0 Å². The van der Waals surface area contributed by atoms with Crippen molar-refractivity contribution in [2.75, 3.05) is 13.7 Å². The number of halogens is 1. The molecule has 2 fully saturated rings.